The van der Waals surface area contributed by atoms with Gasteiger partial charge in [-0.3, -0.25) is 4.79 Å². The minimum atomic E-state index is 0.0964. The minimum absolute atomic E-state index is 0.0964. The molecule has 14 heavy (non-hydrogen) atoms. The van der Waals surface area contributed by atoms with Crippen molar-refractivity contribution >= 4 is 28.4 Å². The van der Waals surface area contributed by atoms with Crippen molar-refractivity contribution in [3.63, 3.8) is 0 Å². The van der Waals surface area contributed by atoms with Gasteiger partial charge in [0.25, 0.3) is 0 Å². The number of benzene rings is 1. The number of carbonyl (C=O) groups excluding carboxylic acids is 1. The molecule has 0 fully saturated rings. The van der Waals surface area contributed by atoms with Crippen LogP contribution in [0.25, 0.3) is 0 Å². The summed E-state index contributed by atoms with van der Waals surface area (Å²) in [6, 6.07) is 5.58. The molecule has 1 aromatic rings. The van der Waals surface area contributed by atoms with Crippen molar-refractivity contribution in [1.82, 2.24) is 0 Å². The third kappa shape index (κ3) is 2.70. The molecule has 0 radical (unpaired) electrons. The van der Waals surface area contributed by atoms with Crippen LogP contribution in [0.15, 0.2) is 18.2 Å². The molecule has 0 aromatic heterocycles. The summed E-state index contributed by atoms with van der Waals surface area (Å²) in [7, 11) is 0. The molecule has 0 unspecified atom stereocenters. The number of halogens is 1. The number of rotatable bonds is 4. The van der Waals surface area contributed by atoms with Gasteiger partial charge in [-0.1, -0.05) is 22.6 Å². The van der Waals surface area contributed by atoms with E-state index in [1.165, 1.54) is 0 Å². The van der Waals surface area contributed by atoms with Gasteiger partial charge in [0.05, 0.1) is 6.61 Å². The Balaban J connectivity index is 3.04. The van der Waals surface area contributed by atoms with Gasteiger partial charge in [0.1, 0.15) is 5.75 Å². The first-order valence-electron chi connectivity index (χ1n) is 4.51. The average molecular weight is 304 g/mol. The highest BCUT2D eigenvalue weighted by molar-refractivity contribution is 14.1. The molecule has 0 saturated heterocycles. The molecule has 0 spiro atoms. The van der Waals surface area contributed by atoms with E-state index in [2.05, 4.69) is 22.6 Å². The Kier molecular flexibility index (Phi) is 4.38. The van der Waals surface area contributed by atoms with Gasteiger partial charge in [-0.15, -0.1) is 0 Å². The first kappa shape index (κ1) is 11.5. The molecule has 2 nitrogen and oxygen atoms in total. The highest BCUT2D eigenvalue weighted by atomic mass is 127. The second-order valence-corrected chi connectivity index (χ2v) is 3.71. The van der Waals surface area contributed by atoms with Crippen LogP contribution >= 0.6 is 22.6 Å². The zero-order valence-corrected chi connectivity index (χ0v) is 10.5. The summed E-state index contributed by atoms with van der Waals surface area (Å²) >= 11 is 2.27. The molecule has 0 aliphatic carbocycles. The topological polar surface area (TPSA) is 26.3 Å². The van der Waals surface area contributed by atoms with Crippen LogP contribution in [-0.4, -0.2) is 12.4 Å². The van der Waals surface area contributed by atoms with Gasteiger partial charge in [0.15, 0.2) is 5.78 Å². The molecule has 76 valence electrons. The van der Waals surface area contributed by atoms with E-state index < -0.39 is 0 Å². The Morgan fingerprint density at radius 1 is 1.50 bits per heavy atom. The molecule has 0 bridgehead atoms. The number of hydrogen-bond donors (Lipinski definition) is 0. The van der Waals surface area contributed by atoms with Gasteiger partial charge in [-0.2, -0.15) is 0 Å². The van der Waals surface area contributed by atoms with Gasteiger partial charge >= 0.3 is 0 Å². The van der Waals surface area contributed by atoms with Crippen LogP contribution in [0, 0.1) is 0 Å². The molecule has 0 amide bonds. The lowest BCUT2D eigenvalue weighted by Gasteiger charge is -2.08. The van der Waals surface area contributed by atoms with Crippen LogP contribution in [0.1, 0.15) is 29.8 Å². The average Bonchev–Trinajstić information content (AvgIpc) is 2.18. The molecule has 0 aliphatic rings. The van der Waals surface area contributed by atoms with Gasteiger partial charge in [0, 0.05) is 15.6 Å². The lowest BCUT2D eigenvalue weighted by Crippen LogP contribution is -1.98. The summed E-state index contributed by atoms with van der Waals surface area (Å²) in [6.45, 7) is 4.19. The SMILES string of the molecule is CCOc1ccc(C(C)=O)cc1CI. The van der Waals surface area contributed by atoms with Crippen molar-refractivity contribution in [3.05, 3.63) is 29.3 Å². The zero-order valence-electron chi connectivity index (χ0n) is 8.34. The predicted molar refractivity (Wildman–Crippen MR) is 65.3 cm³/mol. The first-order chi connectivity index (χ1) is 6.69. The monoisotopic (exact) mass is 304 g/mol. The van der Waals surface area contributed by atoms with E-state index in [0.717, 1.165) is 21.3 Å². The number of ether oxygens (including phenoxy) is 1. The van der Waals surface area contributed by atoms with Crippen LogP contribution in [0.5, 0.6) is 5.75 Å². The van der Waals surface area contributed by atoms with Crippen LogP contribution in [-0.2, 0) is 4.43 Å². The molecule has 0 heterocycles. The number of ketones is 1. The van der Waals surface area contributed by atoms with Crippen molar-refractivity contribution in [2.75, 3.05) is 6.61 Å². The predicted octanol–water partition coefficient (Wildman–Crippen LogP) is 3.22. The summed E-state index contributed by atoms with van der Waals surface area (Å²) < 4.78 is 6.30. The third-order valence-corrected chi connectivity index (χ3v) is 2.73. The van der Waals surface area contributed by atoms with Crippen LogP contribution in [0.4, 0.5) is 0 Å². The normalized spacial score (nSPS) is 9.93. The van der Waals surface area contributed by atoms with Crippen molar-refractivity contribution in [1.29, 1.82) is 0 Å². The highest BCUT2D eigenvalue weighted by Crippen LogP contribution is 2.23. The van der Waals surface area contributed by atoms with E-state index in [1.54, 1.807) is 6.92 Å². The van der Waals surface area contributed by atoms with Gasteiger partial charge < -0.3 is 4.74 Å². The maximum Gasteiger partial charge on any atom is 0.159 e. The second-order valence-electron chi connectivity index (χ2n) is 2.95. The van der Waals surface area contributed by atoms with E-state index >= 15 is 0 Å². The van der Waals surface area contributed by atoms with Crippen molar-refractivity contribution in [3.8, 4) is 5.75 Å². The lowest BCUT2D eigenvalue weighted by atomic mass is 10.1. The van der Waals surface area contributed by atoms with Crippen LogP contribution < -0.4 is 4.74 Å². The Hall–Kier alpha value is -0.580. The molecule has 1 rings (SSSR count). The summed E-state index contributed by atoms with van der Waals surface area (Å²) in [5, 5.41) is 0. The highest BCUT2D eigenvalue weighted by Gasteiger charge is 2.05. The molecule has 0 saturated carbocycles. The van der Waals surface area contributed by atoms with Crippen molar-refractivity contribution < 1.29 is 9.53 Å². The first-order valence-corrected chi connectivity index (χ1v) is 6.04. The summed E-state index contributed by atoms with van der Waals surface area (Å²) in [6.07, 6.45) is 0. The Morgan fingerprint density at radius 3 is 2.71 bits per heavy atom. The molecule has 1 aromatic carbocycles. The Labute approximate surface area is 97.8 Å². The van der Waals surface area contributed by atoms with Crippen molar-refractivity contribution in [2.45, 2.75) is 18.3 Å². The van der Waals surface area contributed by atoms with E-state index in [4.69, 9.17) is 4.74 Å². The Morgan fingerprint density at radius 2 is 2.21 bits per heavy atom. The molecule has 0 aliphatic heterocycles. The number of Topliss-reactive ketones (excluding diaryl/α,β-unsaturated/α-hetero) is 1. The molecular formula is C11H13IO2. The maximum atomic E-state index is 11.1. The third-order valence-electron chi connectivity index (χ3n) is 1.91. The fourth-order valence-electron chi connectivity index (χ4n) is 1.20. The summed E-state index contributed by atoms with van der Waals surface area (Å²) in [5.74, 6) is 0.978. The summed E-state index contributed by atoms with van der Waals surface area (Å²) in [4.78, 5) is 11.1. The molecule has 3 heteroatoms. The fourth-order valence-corrected chi connectivity index (χ4v) is 1.80. The number of hydrogen-bond acceptors (Lipinski definition) is 2. The smallest absolute Gasteiger partial charge is 0.159 e. The standard InChI is InChI=1S/C11H13IO2/c1-3-14-11-5-4-9(8(2)13)6-10(11)7-12/h4-6H,3,7H2,1-2H3. The van der Waals surface area contributed by atoms with E-state index in [0.29, 0.717) is 6.61 Å². The number of carbonyl (C=O) groups is 1. The van der Waals surface area contributed by atoms with Crippen LogP contribution in [0.3, 0.4) is 0 Å². The Bertz CT molecular complexity index is 334. The van der Waals surface area contributed by atoms with Gasteiger partial charge in [-0.25, -0.2) is 0 Å². The van der Waals surface area contributed by atoms with Gasteiger partial charge in [0.2, 0.25) is 0 Å². The quantitative estimate of drug-likeness (QED) is 0.485. The number of alkyl halides is 1. The molecule has 0 N–H and O–H groups in total. The minimum Gasteiger partial charge on any atom is -0.494 e. The lowest BCUT2D eigenvalue weighted by molar-refractivity contribution is 0.101. The maximum absolute atomic E-state index is 11.1. The van der Waals surface area contributed by atoms with Gasteiger partial charge in [-0.05, 0) is 32.0 Å². The summed E-state index contributed by atoms with van der Waals surface area (Å²) in [5.41, 5.74) is 1.83. The molecular weight excluding hydrogens is 291 g/mol. The molecule has 0 atom stereocenters. The zero-order chi connectivity index (χ0) is 10.6. The van der Waals surface area contributed by atoms with E-state index in [-0.39, 0.29) is 5.78 Å². The largest absolute Gasteiger partial charge is 0.494 e. The van der Waals surface area contributed by atoms with E-state index in [1.807, 2.05) is 25.1 Å². The fraction of sp³-hybridized carbons (Fsp3) is 0.364. The van der Waals surface area contributed by atoms with E-state index in [9.17, 15) is 4.79 Å². The second kappa shape index (κ2) is 5.34. The van der Waals surface area contributed by atoms with Crippen LogP contribution in [0.2, 0.25) is 0 Å². The van der Waals surface area contributed by atoms with Crippen molar-refractivity contribution in [2.24, 2.45) is 0 Å².